The second kappa shape index (κ2) is 6.22. The van der Waals surface area contributed by atoms with E-state index in [9.17, 15) is 13.2 Å². The van der Waals surface area contributed by atoms with Crippen molar-refractivity contribution in [3.8, 4) is 0 Å². The molecule has 1 N–H and O–H groups in total. The van der Waals surface area contributed by atoms with Crippen LogP contribution in [0.5, 0.6) is 0 Å². The lowest BCUT2D eigenvalue weighted by molar-refractivity contribution is -0.123. The van der Waals surface area contributed by atoms with Gasteiger partial charge in [-0.2, -0.15) is 0 Å². The Morgan fingerprint density at radius 1 is 1.21 bits per heavy atom. The maximum absolute atomic E-state index is 11.9. The van der Waals surface area contributed by atoms with Crippen LogP contribution in [0.25, 0.3) is 0 Å². The lowest BCUT2D eigenvalue weighted by Gasteiger charge is -2.26. The third-order valence-electron chi connectivity index (χ3n) is 4.20. The lowest BCUT2D eigenvalue weighted by Crippen LogP contribution is -2.44. The largest absolute Gasteiger partial charge is 0.352 e. The first-order valence-electron chi connectivity index (χ1n) is 7.16. The van der Waals surface area contributed by atoms with Gasteiger partial charge in [-0.25, -0.2) is 8.42 Å². The average Bonchev–Trinajstić information content (AvgIpc) is 2.71. The fraction of sp³-hybridized carbons (Fsp3) is 0.923. The monoisotopic (exact) mass is 288 g/mol. The smallest absolute Gasteiger partial charge is 0.234 e. The van der Waals surface area contributed by atoms with E-state index >= 15 is 0 Å². The standard InChI is InChI=1S/C13H24N2O3S/c1-15(12-7-8-19(17,18)10-12)9-13(16)14-11-5-3-2-4-6-11/h11-12H,2-10H2,1H3,(H,14,16). The van der Waals surface area contributed by atoms with Crippen molar-refractivity contribution < 1.29 is 13.2 Å². The molecule has 0 aromatic carbocycles. The third kappa shape index (κ3) is 4.45. The summed E-state index contributed by atoms with van der Waals surface area (Å²) in [6.07, 6.45) is 6.46. The van der Waals surface area contributed by atoms with E-state index in [1.807, 2.05) is 11.9 Å². The summed E-state index contributed by atoms with van der Waals surface area (Å²) in [6, 6.07) is 0.323. The molecule has 0 aromatic heterocycles. The van der Waals surface area contributed by atoms with E-state index in [4.69, 9.17) is 0 Å². The van der Waals surface area contributed by atoms with Crippen LogP contribution in [0.2, 0.25) is 0 Å². The van der Waals surface area contributed by atoms with E-state index < -0.39 is 9.84 Å². The van der Waals surface area contributed by atoms with Gasteiger partial charge in [0.25, 0.3) is 0 Å². The Morgan fingerprint density at radius 2 is 1.89 bits per heavy atom. The molecule has 1 unspecified atom stereocenters. The quantitative estimate of drug-likeness (QED) is 0.820. The molecule has 6 heteroatoms. The van der Waals surface area contributed by atoms with Crippen LogP contribution in [-0.2, 0) is 14.6 Å². The van der Waals surface area contributed by atoms with Crippen molar-refractivity contribution in [1.82, 2.24) is 10.2 Å². The molecule has 1 saturated carbocycles. The van der Waals surface area contributed by atoms with Crippen molar-refractivity contribution in [3.05, 3.63) is 0 Å². The molecule has 2 rings (SSSR count). The molecule has 1 aliphatic heterocycles. The van der Waals surface area contributed by atoms with Crippen molar-refractivity contribution in [3.63, 3.8) is 0 Å². The maximum atomic E-state index is 11.9. The minimum Gasteiger partial charge on any atom is -0.352 e. The van der Waals surface area contributed by atoms with Gasteiger partial charge in [-0.05, 0) is 26.3 Å². The highest BCUT2D eigenvalue weighted by atomic mass is 32.2. The van der Waals surface area contributed by atoms with Crippen LogP contribution in [0.4, 0.5) is 0 Å². The van der Waals surface area contributed by atoms with Gasteiger partial charge in [0.15, 0.2) is 9.84 Å². The Kier molecular flexibility index (Phi) is 4.84. The van der Waals surface area contributed by atoms with Gasteiger partial charge in [0.05, 0.1) is 18.1 Å². The number of nitrogens with one attached hydrogen (secondary N) is 1. The molecule has 0 bridgehead atoms. The van der Waals surface area contributed by atoms with Crippen LogP contribution in [0.15, 0.2) is 0 Å². The van der Waals surface area contributed by atoms with E-state index in [2.05, 4.69) is 5.32 Å². The van der Waals surface area contributed by atoms with E-state index in [1.165, 1.54) is 19.3 Å². The maximum Gasteiger partial charge on any atom is 0.234 e. The van der Waals surface area contributed by atoms with Crippen molar-refractivity contribution >= 4 is 15.7 Å². The Bertz CT molecular complexity index is 416. The highest BCUT2D eigenvalue weighted by Crippen LogP contribution is 2.18. The summed E-state index contributed by atoms with van der Waals surface area (Å²) in [4.78, 5) is 13.8. The Hall–Kier alpha value is -0.620. The molecule has 0 aromatic rings. The minimum absolute atomic E-state index is 0.00195. The summed E-state index contributed by atoms with van der Waals surface area (Å²) in [6.45, 7) is 0.302. The molecule has 110 valence electrons. The molecule has 0 spiro atoms. The van der Waals surface area contributed by atoms with Gasteiger partial charge >= 0.3 is 0 Å². The molecule has 1 heterocycles. The summed E-state index contributed by atoms with van der Waals surface area (Å²) in [5, 5.41) is 3.06. The van der Waals surface area contributed by atoms with Gasteiger partial charge in [-0.15, -0.1) is 0 Å². The van der Waals surface area contributed by atoms with Crippen LogP contribution in [0.1, 0.15) is 38.5 Å². The zero-order valence-electron chi connectivity index (χ0n) is 11.6. The first kappa shape index (κ1) is 14.8. The van der Waals surface area contributed by atoms with Gasteiger partial charge < -0.3 is 5.32 Å². The van der Waals surface area contributed by atoms with E-state index in [1.54, 1.807) is 0 Å². The predicted octanol–water partition coefficient (Wildman–Crippen LogP) is 0.554. The van der Waals surface area contributed by atoms with Crippen LogP contribution in [-0.4, -0.2) is 56.4 Å². The number of rotatable bonds is 4. The summed E-state index contributed by atoms with van der Waals surface area (Å²) >= 11 is 0. The molecular weight excluding hydrogens is 264 g/mol. The molecule has 1 saturated heterocycles. The number of likely N-dealkylation sites (N-methyl/N-ethyl adjacent to an activating group) is 1. The molecular formula is C13H24N2O3S. The summed E-state index contributed by atoms with van der Waals surface area (Å²) in [5.41, 5.74) is 0. The first-order chi connectivity index (χ1) is 8.96. The Labute approximate surface area is 115 Å². The van der Waals surface area contributed by atoms with E-state index in [-0.39, 0.29) is 23.5 Å². The second-order valence-electron chi connectivity index (χ2n) is 5.87. The summed E-state index contributed by atoms with van der Waals surface area (Å²) in [5.74, 6) is 0.477. The number of amides is 1. The third-order valence-corrected chi connectivity index (χ3v) is 5.95. The molecule has 1 aliphatic carbocycles. The molecule has 2 aliphatic rings. The van der Waals surface area contributed by atoms with Crippen molar-refractivity contribution in [2.75, 3.05) is 25.1 Å². The Morgan fingerprint density at radius 3 is 2.47 bits per heavy atom. The minimum atomic E-state index is -2.88. The van der Waals surface area contributed by atoms with Crippen LogP contribution < -0.4 is 5.32 Å². The first-order valence-corrected chi connectivity index (χ1v) is 8.98. The molecule has 1 atom stereocenters. The summed E-state index contributed by atoms with van der Waals surface area (Å²) < 4.78 is 22.8. The number of hydrogen-bond acceptors (Lipinski definition) is 4. The number of nitrogens with zero attached hydrogens (tertiary/aromatic N) is 1. The highest BCUT2D eigenvalue weighted by Gasteiger charge is 2.31. The van der Waals surface area contributed by atoms with Crippen molar-refractivity contribution in [1.29, 1.82) is 0 Å². The normalized spacial score (nSPS) is 27.6. The van der Waals surface area contributed by atoms with Crippen LogP contribution in [0, 0.1) is 0 Å². The molecule has 2 fully saturated rings. The topological polar surface area (TPSA) is 66.5 Å². The van der Waals surface area contributed by atoms with E-state index in [0.29, 0.717) is 19.0 Å². The molecule has 0 radical (unpaired) electrons. The molecule has 5 nitrogen and oxygen atoms in total. The van der Waals surface area contributed by atoms with Crippen LogP contribution in [0.3, 0.4) is 0 Å². The zero-order chi connectivity index (χ0) is 13.9. The number of hydrogen-bond donors (Lipinski definition) is 1. The SMILES string of the molecule is CN(CC(=O)NC1CCCCC1)C1CCS(=O)(=O)C1. The number of sulfone groups is 1. The molecule has 1 amide bonds. The highest BCUT2D eigenvalue weighted by molar-refractivity contribution is 7.91. The van der Waals surface area contributed by atoms with E-state index in [0.717, 1.165) is 12.8 Å². The average molecular weight is 288 g/mol. The summed E-state index contributed by atoms with van der Waals surface area (Å²) in [7, 11) is -1.04. The number of carbonyl (C=O) groups is 1. The van der Waals surface area contributed by atoms with Crippen LogP contribution >= 0.6 is 0 Å². The zero-order valence-corrected chi connectivity index (χ0v) is 12.4. The van der Waals surface area contributed by atoms with Crippen molar-refractivity contribution in [2.45, 2.75) is 50.6 Å². The fourth-order valence-corrected chi connectivity index (χ4v) is 4.80. The van der Waals surface area contributed by atoms with Gasteiger partial charge in [0.2, 0.25) is 5.91 Å². The van der Waals surface area contributed by atoms with Gasteiger partial charge in [0.1, 0.15) is 0 Å². The Balaban J connectivity index is 1.75. The number of carbonyl (C=O) groups excluding carboxylic acids is 1. The fourth-order valence-electron chi connectivity index (χ4n) is 3.00. The second-order valence-corrected chi connectivity index (χ2v) is 8.10. The lowest BCUT2D eigenvalue weighted by atomic mass is 9.95. The molecule has 19 heavy (non-hydrogen) atoms. The van der Waals surface area contributed by atoms with Gasteiger partial charge in [-0.3, -0.25) is 9.69 Å². The van der Waals surface area contributed by atoms with Crippen molar-refractivity contribution in [2.24, 2.45) is 0 Å². The predicted molar refractivity (Wildman–Crippen MR) is 74.7 cm³/mol. The van der Waals surface area contributed by atoms with Gasteiger partial charge in [-0.1, -0.05) is 19.3 Å². The van der Waals surface area contributed by atoms with Gasteiger partial charge in [0, 0.05) is 12.1 Å².